The van der Waals surface area contributed by atoms with Crippen LogP contribution in [0.3, 0.4) is 0 Å². The first-order valence-electron chi connectivity index (χ1n) is 6.74. The number of rotatable bonds is 5. The van der Waals surface area contributed by atoms with Gasteiger partial charge in [-0.15, -0.1) is 0 Å². The molecule has 1 aromatic heterocycles. The number of hydrazone groups is 1. The van der Waals surface area contributed by atoms with Gasteiger partial charge in [0.15, 0.2) is 0 Å². The molecule has 0 saturated carbocycles. The average Bonchev–Trinajstić information content (AvgIpc) is 2.98. The van der Waals surface area contributed by atoms with Crippen molar-refractivity contribution in [3.05, 3.63) is 53.5 Å². The van der Waals surface area contributed by atoms with E-state index in [1.54, 1.807) is 25.3 Å². The summed E-state index contributed by atoms with van der Waals surface area (Å²) >= 11 is 0. The Kier molecular flexibility index (Phi) is 4.77. The first kappa shape index (κ1) is 14.8. The molecule has 2 rings (SSSR count). The maximum absolute atomic E-state index is 11.8. The van der Waals surface area contributed by atoms with Gasteiger partial charge < -0.3 is 9.73 Å². The molecule has 1 heterocycles. The first-order chi connectivity index (χ1) is 10.1. The maximum Gasteiger partial charge on any atom is 0.259 e. The predicted molar refractivity (Wildman–Crippen MR) is 83.5 cm³/mol. The fraction of sp³-hybridized carbons (Fsp3) is 0.250. The fourth-order valence-electron chi connectivity index (χ4n) is 1.91. The molecule has 0 unspecified atom stereocenters. The Hall–Kier alpha value is -2.56. The Labute approximate surface area is 124 Å². The number of carbonyl (C=O) groups excluding carboxylic acids is 1. The van der Waals surface area contributed by atoms with E-state index in [9.17, 15) is 4.79 Å². The number of anilines is 1. The van der Waals surface area contributed by atoms with Crippen LogP contribution in [0.4, 0.5) is 5.69 Å². The Bertz CT molecular complexity index is 646. The highest BCUT2D eigenvalue weighted by Crippen LogP contribution is 2.15. The van der Waals surface area contributed by atoms with Crippen LogP contribution >= 0.6 is 0 Å². The highest BCUT2D eigenvalue weighted by atomic mass is 16.3. The molecular weight excluding hydrogens is 266 g/mol. The Morgan fingerprint density at radius 3 is 2.76 bits per heavy atom. The minimum absolute atomic E-state index is 0.166. The van der Waals surface area contributed by atoms with E-state index in [1.165, 1.54) is 5.56 Å². The molecular formula is C16H19N3O2. The first-order valence-corrected chi connectivity index (χ1v) is 6.74. The molecule has 2 aromatic rings. The van der Waals surface area contributed by atoms with Crippen molar-refractivity contribution < 1.29 is 9.21 Å². The van der Waals surface area contributed by atoms with Gasteiger partial charge in [0.25, 0.3) is 5.91 Å². The summed E-state index contributed by atoms with van der Waals surface area (Å²) in [7, 11) is 0. The largest absolute Gasteiger partial charge is 0.463 e. The van der Waals surface area contributed by atoms with Crippen LogP contribution in [0, 0.1) is 13.8 Å². The summed E-state index contributed by atoms with van der Waals surface area (Å²) in [5.74, 6) is 0.429. The van der Waals surface area contributed by atoms with Crippen LogP contribution in [-0.2, 0) is 4.79 Å². The van der Waals surface area contributed by atoms with Crippen LogP contribution in [0.25, 0.3) is 0 Å². The zero-order chi connectivity index (χ0) is 15.2. The molecule has 1 amide bonds. The van der Waals surface area contributed by atoms with E-state index in [0.29, 0.717) is 11.5 Å². The molecule has 0 fully saturated rings. The number of furan rings is 1. The van der Waals surface area contributed by atoms with E-state index >= 15 is 0 Å². The van der Waals surface area contributed by atoms with Crippen LogP contribution in [-0.4, -0.2) is 18.2 Å². The third kappa shape index (κ3) is 4.21. The number of hydrogen-bond donors (Lipinski definition) is 2. The molecule has 110 valence electrons. The molecule has 0 radical (unpaired) electrons. The number of benzene rings is 1. The van der Waals surface area contributed by atoms with Crippen LogP contribution in [0.5, 0.6) is 0 Å². The molecule has 0 saturated heterocycles. The van der Waals surface area contributed by atoms with E-state index in [2.05, 4.69) is 21.9 Å². The SMILES string of the molecule is CC(=NNC(=O)CNc1ccc(C)cc1C)c1ccco1. The van der Waals surface area contributed by atoms with E-state index in [-0.39, 0.29) is 12.5 Å². The van der Waals surface area contributed by atoms with Gasteiger partial charge in [-0.25, -0.2) is 5.43 Å². The third-order valence-electron chi connectivity index (χ3n) is 3.05. The van der Waals surface area contributed by atoms with Gasteiger partial charge in [0.2, 0.25) is 0 Å². The molecule has 1 aromatic carbocycles. The van der Waals surface area contributed by atoms with E-state index in [4.69, 9.17) is 4.42 Å². The van der Waals surface area contributed by atoms with Crippen molar-refractivity contribution in [1.82, 2.24) is 5.43 Å². The van der Waals surface area contributed by atoms with Crippen LogP contribution < -0.4 is 10.7 Å². The zero-order valence-electron chi connectivity index (χ0n) is 12.4. The van der Waals surface area contributed by atoms with E-state index in [1.807, 2.05) is 26.0 Å². The lowest BCUT2D eigenvalue weighted by atomic mass is 10.1. The van der Waals surface area contributed by atoms with Crippen molar-refractivity contribution in [2.45, 2.75) is 20.8 Å². The number of nitrogens with one attached hydrogen (secondary N) is 2. The Morgan fingerprint density at radius 1 is 1.29 bits per heavy atom. The van der Waals surface area contributed by atoms with E-state index < -0.39 is 0 Å². The molecule has 5 nitrogen and oxygen atoms in total. The summed E-state index contributed by atoms with van der Waals surface area (Å²) in [6.45, 7) is 5.98. The van der Waals surface area contributed by atoms with Crippen LogP contribution in [0.1, 0.15) is 23.8 Å². The summed E-state index contributed by atoms with van der Waals surface area (Å²) in [6.07, 6.45) is 1.57. The number of hydrogen-bond acceptors (Lipinski definition) is 4. The average molecular weight is 285 g/mol. The van der Waals surface area contributed by atoms with Crippen molar-refractivity contribution in [2.75, 3.05) is 11.9 Å². The molecule has 2 N–H and O–H groups in total. The van der Waals surface area contributed by atoms with Crippen LogP contribution in [0.2, 0.25) is 0 Å². The van der Waals surface area contributed by atoms with Gasteiger partial charge >= 0.3 is 0 Å². The van der Waals surface area contributed by atoms with Crippen molar-refractivity contribution >= 4 is 17.3 Å². The predicted octanol–water partition coefficient (Wildman–Crippen LogP) is 2.85. The molecule has 0 aliphatic carbocycles. The van der Waals surface area contributed by atoms with Gasteiger partial charge in [0.05, 0.1) is 12.8 Å². The minimum Gasteiger partial charge on any atom is -0.463 e. The van der Waals surface area contributed by atoms with E-state index in [0.717, 1.165) is 11.3 Å². The quantitative estimate of drug-likeness (QED) is 0.655. The summed E-state index contributed by atoms with van der Waals surface area (Å²) < 4.78 is 5.19. The van der Waals surface area contributed by atoms with Crippen LogP contribution in [0.15, 0.2) is 46.1 Å². The second-order valence-corrected chi connectivity index (χ2v) is 4.88. The lowest BCUT2D eigenvalue weighted by molar-refractivity contribution is -0.119. The monoisotopic (exact) mass is 285 g/mol. The maximum atomic E-state index is 11.8. The molecule has 0 spiro atoms. The summed E-state index contributed by atoms with van der Waals surface area (Å²) in [6, 6.07) is 9.61. The van der Waals surface area contributed by atoms with Crippen molar-refractivity contribution in [3.8, 4) is 0 Å². The lowest BCUT2D eigenvalue weighted by Gasteiger charge is -2.09. The highest BCUT2D eigenvalue weighted by molar-refractivity contribution is 5.97. The normalized spacial score (nSPS) is 11.3. The summed E-state index contributed by atoms with van der Waals surface area (Å²) in [5, 5.41) is 7.09. The Morgan fingerprint density at radius 2 is 2.10 bits per heavy atom. The standard InChI is InChI=1S/C16H19N3O2/c1-11-6-7-14(12(2)9-11)17-10-16(20)19-18-13(3)15-5-4-8-21-15/h4-9,17H,10H2,1-3H3,(H,19,20). The molecule has 0 aliphatic rings. The lowest BCUT2D eigenvalue weighted by Crippen LogP contribution is -2.26. The number of amides is 1. The minimum atomic E-state index is -0.208. The molecule has 5 heteroatoms. The smallest absolute Gasteiger partial charge is 0.259 e. The van der Waals surface area contributed by atoms with Gasteiger partial charge in [-0.1, -0.05) is 17.7 Å². The molecule has 21 heavy (non-hydrogen) atoms. The molecule has 0 atom stereocenters. The van der Waals surface area contributed by atoms with Crippen molar-refractivity contribution in [3.63, 3.8) is 0 Å². The zero-order valence-corrected chi connectivity index (χ0v) is 12.4. The Balaban J connectivity index is 1.86. The van der Waals surface area contributed by atoms with Gasteiger partial charge in [-0.2, -0.15) is 5.10 Å². The molecule has 0 bridgehead atoms. The highest BCUT2D eigenvalue weighted by Gasteiger charge is 2.04. The molecule has 0 aliphatic heterocycles. The fourth-order valence-corrected chi connectivity index (χ4v) is 1.91. The van der Waals surface area contributed by atoms with Gasteiger partial charge in [-0.3, -0.25) is 4.79 Å². The van der Waals surface area contributed by atoms with Gasteiger partial charge in [0, 0.05) is 5.69 Å². The number of nitrogens with zero attached hydrogens (tertiary/aromatic N) is 1. The second kappa shape index (κ2) is 6.74. The third-order valence-corrected chi connectivity index (χ3v) is 3.05. The summed E-state index contributed by atoms with van der Waals surface area (Å²) in [4.78, 5) is 11.8. The van der Waals surface area contributed by atoms with Gasteiger partial charge in [-0.05, 0) is 44.5 Å². The van der Waals surface area contributed by atoms with Gasteiger partial charge in [0.1, 0.15) is 11.5 Å². The number of carbonyl (C=O) groups is 1. The van der Waals surface area contributed by atoms with Crippen molar-refractivity contribution in [2.24, 2.45) is 5.10 Å². The summed E-state index contributed by atoms with van der Waals surface area (Å²) in [5.41, 5.74) is 6.37. The number of aryl methyl sites for hydroxylation is 2. The second-order valence-electron chi connectivity index (χ2n) is 4.88. The van der Waals surface area contributed by atoms with Crippen molar-refractivity contribution in [1.29, 1.82) is 0 Å². The topological polar surface area (TPSA) is 66.6 Å².